The van der Waals surface area contributed by atoms with Gasteiger partial charge in [-0.05, 0) is 55.3 Å². The SMILES string of the molecule is Cc1cc(C)c(NC(=O)CSc2nc3ccsc3c(=O)n2CCc2ccccc2)c(C)c1. The summed E-state index contributed by atoms with van der Waals surface area (Å²) in [6, 6.07) is 16.0. The van der Waals surface area contributed by atoms with E-state index in [9.17, 15) is 9.59 Å². The van der Waals surface area contributed by atoms with Crippen LogP contribution in [0.3, 0.4) is 0 Å². The maximum absolute atomic E-state index is 13.1. The van der Waals surface area contributed by atoms with Gasteiger partial charge in [-0.2, -0.15) is 0 Å². The van der Waals surface area contributed by atoms with Crippen LogP contribution in [0, 0.1) is 20.8 Å². The van der Waals surface area contributed by atoms with E-state index in [4.69, 9.17) is 4.98 Å². The Morgan fingerprint density at radius 2 is 1.81 bits per heavy atom. The molecule has 32 heavy (non-hydrogen) atoms. The zero-order valence-corrected chi connectivity index (χ0v) is 20.0. The molecule has 0 fully saturated rings. The number of amides is 1. The van der Waals surface area contributed by atoms with E-state index in [1.54, 1.807) is 4.57 Å². The average molecular weight is 464 g/mol. The minimum absolute atomic E-state index is 0.0472. The van der Waals surface area contributed by atoms with Gasteiger partial charge in [0.1, 0.15) is 4.70 Å². The summed E-state index contributed by atoms with van der Waals surface area (Å²) < 4.78 is 2.35. The molecule has 7 heteroatoms. The van der Waals surface area contributed by atoms with E-state index in [0.29, 0.717) is 21.9 Å². The van der Waals surface area contributed by atoms with Crippen molar-refractivity contribution in [2.75, 3.05) is 11.1 Å². The van der Waals surface area contributed by atoms with Crippen molar-refractivity contribution >= 4 is 44.9 Å². The number of nitrogens with one attached hydrogen (secondary N) is 1. The number of thiophene rings is 1. The van der Waals surface area contributed by atoms with Crippen molar-refractivity contribution < 1.29 is 4.79 Å². The Labute approximate surface area is 195 Å². The second-order valence-electron chi connectivity index (χ2n) is 7.83. The quantitative estimate of drug-likeness (QED) is 0.296. The molecule has 1 N–H and O–H groups in total. The summed E-state index contributed by atoms with van der Waals surface area (Å²) in [5.41, 5.74) is 5.90. The van der Waals surface area contributed by atoms with E-state index in [0.717, 1.165) is 28.8 Å². The van der Waals surface area contributed by atoms with Crippen LogP contribution in [0.4, 0.5) is 5.69 Å². The van der Waals surface area contributed by atoms with Crippen LogP contribution in [-0.4, -0.2) is 21.2 Å². The van der Waals surface area contributed by atoms with Crippen LogP contribution in [0.15, 0.2) is 63.9 Å². The molecule has 0 radical (unpaired) electrons. The lowest BCUT2D eigenvalue weighted by molar-refractivity contribution is -0.113. The average Bonchev–Trinajstić information content (AvgIpc) is 3.24. The second-order valence-corrected chi connectivity index (χ2v) is 9.69. The fraction of sp³-hybridized carbons (Fsp3) is 0.240. The van der Waals surface area contributed by atoms with Crippen LogP contribution in [0.25, 0.3) is 10.2 Å². The largest absolute Gasteiger partial charge is 0.325 e. The van der Waals surface area contributed by atoms with Crippen LogP contribution in [0.2, 0.25) is 0 Å². The number of hydrogen-bond donors (Lipinski definition) is 1. The van der Waals surface area contributed by atoms with Crippen LogP contribution in [0.1, 0.15) is 22.3 Å². The van der Waals surface area contributed by atoms with Crippen molar-refractivity contribution in [1.82, 2.24) is 9.55 Å². The van der Waals surface area contributed by atoms with Gasteiger partial charge in [0.2, 0.25) is 5.91 Å². The van der Waals surface area contributed by atoms with E-state index >= 15 is 0 Å². The van der Waals surface area contributed by atoms with E-state index in [2.05, 4.69) is 29.6 Å². The summed E-state index contributed by atoms with van der Waals surface area (Å²) in [5, 5.41) is 5.48. The Morgan fingerprint density at radius 3 is 2.53 bits per heavy atom. The lowest BCUT2D eigenvalue weighted by Crippen LogP contribution is -2.24. The normalized spacial score (nSPS) is 11.1. The Bertz CT molecular complexity index is 1300. The first-order valence-electron chi connectivity index (χ1n) is 10.4. The summed E-state index contributed by atoms with van der Waals surface area (Å²) >= 11 is 2.71. The maximum atomic E-state index is 13.1. The van der Waals surface area contributed by atoms with Crippen LogP contribution < -0.4 is 10.9 Å². The molecule has 1 amide bonds. The molecular formula is C25H25N3O2S2. The Balaban J connectivity index is 1.54. The minimum Gasteiger partial charge on any atom is -0.325 e. The number of carbonyl (C=O) groups is 1. The lowest BCUT2D eigenvalue weighted by atomic mass is 10.1. The second kappa shape index (κ2) is 9.71. The fourth-order valence-electron chi connectivity index (χ4n) is 3.80. The topological polar surface area (TPSA) is 64.0 Å². The molecule has 0 unspecified atom stereocenters. The molecule has 0 saturated heterocycles. The molecule has 0 aliphatic carbocycles. The molecule has 164 valence electrons. The smallest absolute Gasteiger partial charge is 0.272 e. The van der Waals surface area contributed by atoms with Gasteiger partial charge in [-0.15, -0.1) is 11.3 Å². The van der Waals surface area contributed by atoms with E-state index in [1.165, 1.54) is 28.7 Å². The molecule has 2 heterocycles. The molecule has 2 aromatic heterocycles. The highest BCUT2D eigenvalue weighted by Gasteiger charge is 2.15. The third-order valence-electron chi connectivity index (χ3n) is 5.27. The van der Waals surface area contributed by atoms with Gasteiger partial charge < -0.3 is 5.32 Å². The minimum atomic E-state index is -0.112. The predicted octanol–water partition coefficient (Wildman–Crippen LogP) is 5.36. The van der Waals surface area contributed by atoms with Crippen molar-refractivity contribution in [3.63, 3.8) is 0 Å². The van der Waals surface area contributed by atoms with Crippen molar-refractivity contribution in [1.29, 1.82) is 0 Å². The summed E-state index contributed by atoms with van der Waals surface area (Å²) in [4.78, 5) is 30.5. The Kier molecular flexibility index (Phi) is 6.77. The fourth-order valence-corrected chi connectivity index (χ4v) is 5.40. The van der Waals surface area contributed by atoms with Crippen molar-refractivity contribution in [2.24, 2.45) is 0 Å². The highest BCUT2D eigenvalue weighted by atomic mass is 32.2. The zero-order chi connectivity index (χ0) is 22.7. The number of aromatic nitrogens is 2. The molecule has 0 spiro atoms. The monoisotopic (exact) mass is 463 g/mol. The number of carbonyl (C=O) groups excluding carboxylic acids is 1. The molecular weight excluding hydrogens is 438 g/mol. The first-order valence-corrected chi connectivity index (χ1v) is 12.3. The standard InChI is InChI=1S/C25H25N3O2S2/c1-16-13-17(2)22(18(3)14-16)27-21(29)15-32-25-26-20-10-12-31-23(20)24(30)28(25)11-9-19-7-5-4-6-8-19/h4-8,10,12-14H,9,11,15H2,1-3H3,(H,27,29). The third-order valence-corrected chi connectivity index (χ3v) is 7.14. The van der Waals surface area contributed by atoms with Crippen molar-refractivity contribution in [3.8, 4) is 0 Å². The molecule has 4 rings (SSSR count). The van der Waals surface area contributed by atoms with Gasteiger partial charge in [-0.1, -0.05) is 59.8 Å². The maximum Gasteiger partial charge on any atom is 0.272 e. The van der Waals surface area contributed by atoms with Gasteiger partial charge in [-0.3, -0.25) is 14.2 Å². The summed E-state index contributed by atoms with van der Waals surface area (Å²) in [6.07, 6.45) is 0.723. The first kappa shape index (κ1) is 22.3. The molecule has 2 aromatic carbocycles. The van der Waals surface area contributed by atoms with Crippen LogP contribution in [0.5, 0.6) is 0 Å². The van der Waals surface area contributed by atoms with E-state index in [1.807, 2.05) is 50.4 Å². The number of thioether (sulfide) groups is 1. The Hall–Kier alpha value is -2.90. The van der Waals surface area contributed by atoms with E-state index in [-0.39, 0.29) is 17.2 Å². The van der Waals surface area contributed by atoms with Gasteiger partial charge >= 0.3 is 0 Å². The van der Waals surface area contributed by atoms with Gasteiger partial charge in [0.05, 0.1) is 11.3 Å². The summed E-state index contributed by atoms with van der Waals surface area (Å²) in [7, 11) is 0. The molecule has 4 aromatic rings. The number of rotatable bonds is 7. The van der Waals surface area contributed by atoms with Gasteiger partial charge in [0, 0.05) is 12.2 Å². The van der Waals surface area contributed by atoms with E-state index < -0.39 is 0 Å². The number of anilines is 1. The molecule has 0 bridgehead atoms. The number of nitrogens with zero attached hydrogens (tertiary/aromatic N) is 2. The number of benzene rings is 2. The first-order chi connectivity index (χ1) is 15.4. The van der Waals surface area contributed by atoms with Gasteiger partial charge in [0.15, 0.2) is 5.16 Å². The van der Waals surface area contributed by atoms with Crippen molar-refractivity contribution in [2.45, 2.75) is 38.9 Å². The number of fused-ring (bicyclic) bond motifs is 1. The molecule has 0 saturated carbocycles. The van der Waals surface area contributed by atoms with Gasteiger partial charge in [-0.25, -0.2) is 4.98 Å². The zero-order valence-electron chi connectivity index (χ0n) is 18.3. The molecule has 0 atom stereocenters. The number of hydrogen-bond acceptors (Lipinski definition) is 5. The summed E-state index contributed by atoms with van der Waals surface area (Å²) in [6.45, 7) is 6.55. The molecule has 5 nitrogen and oxygen atoms in total. The van der Waals surface area contributed by atoms with Gasteiger partial charge in [0.25, 0.3) is 5.56 Å². The number of aryl methyl sites for hydroxylation is 4. The lowest BCUT2D eigenvalue weighted by Gasteiger charge is -2.14. The van der Waals surface area contributed by atoms with Crippen LogP contribution >= 0.6 is 23.1 Å². The highest BCUT2D eigenvalue weighted by molar-refractivity contribution is 7.99. The van der Waals surface area contributed by atoms with Crippen molar-refractivity contribution in [3.05, 3.63) is 86.5 Å². The highest BCUT2D eigenvalue weighted by Crippen LogP contribution is 2.24. The molecule has 0 aliphatic rings. The Morgan fingerprint density at radius 1 is 1.09 bits per heavy atom. The summed E-state index contributed by atoms with van der Waals surface area (Å²) in [5.74, 6) is 0.0690. The predicted molar refractivity (Wildman–Crippen MR) is 134 cm³/mol. The van der Waals surface area contributed by atoms with Crippen LogP contribution in [-0.2, 0) is 17.8 Å². The third kappa shape index (κ3) is 4.95. The molecule has 0 aliphatic heterocycles.